The first kappa shape index (κ1) is 20.3. The van der Waals surface area contributed by atoms with E-state index in [0.29, 0.717) is 42.8 Å². The van der Waals surface area contributed by atoms with Crippen LogP contribution in [0.5, 0.6) is 0 Å². The van der Waals surface area contributed by atoms with Gasteiger partial charge in [0.25, 0.3) is 5.91 Å². The van der Waals surface area contributed by atoms with E-state index in [0.717, 1.165) is 0 Å². The van der Waals surface area contributed by atoms with Crippen molar-refractivity contribution in [3.63, 3.8) is 0 Å². The summed E-state index contributed by atoms with van der Waals surface area (Å²) in [5, 5.41) is 5.83. The van der Waals surface area contributed by atoms with Crippen LogP contribution in [0.4, 0.5) is 13.2 Å². The Balaban J connectivity index is 2.17. The van der Waals surface area contributed by atoms with Crippen molar-refractivity contribution in [3.8, 4) is 0 Å². The zero-order chi connectivity index (χ0) is 19.2. The maximum absolute atomic E-state index is 12.7. The average molecular weight is 390 g/mol. The Morgan fingerprint density at radius 3 is 2.69 bits per heavy atom. The highest BCUT2D eigenvalue weighted by molar-refractivity contribution is 6.31. The van der Waals surface area contributed by atoms with Crippen LogP contribution in [0.15, 0.2) is 30.3 Å². The molecule has 26 heavy (non-hydrogen) atoms. The predicted octanol–water partition coefficient (Wildman–Crippen LogP) is 4.15. The minimum atomic E-state index is -4.61. The smallest absolute Gasteiger partial charge is 0.382 e. The third-order valence-electron chi connectivity index (χ3n) is 3.63. The Bertz CT molecular complexity index is 734. The van der Waals surface area contributed by atoms with Gasteiger partial charge in [-0.05, 0) is 25.0 Å². The van der Waals surface area contributed by atoms with Crippen LogP contribution in [0.25, 0.3) is 0 Å². The summed E-state index contributed by atoms with van der Waals surface area (Å²) in [6.45, 7) is 3.33. The average Bonchev–Trinajstić information content (AvgIpc) is 3.09. The molecule has 0 atom stereocenters. The van der Waals surface area contributed by atoms with Crippen molar-refractivity contribution in [1.29, 1.82) is 0 Å². The second-order valence-electron chi connectivity index (χ2n) is 5.53. The summed E-state index contributed by atoms with van der Waals surface area (Å²) < 4.78 is 43.4. The fourth-order valence-corrected chi connectivity index (χ4v) is 2.53. The number of amides is 1. The number of hydrogen-bond acceptors (Lipinski definition) is 3. The van der Waals surface area contributed by atoms with E-state index in [1.165, 1.54) is 4.90 Å². The number of nitrogens with one attached hydrogen (secondary N) is 1. The summed E-state index contributed by atoms with van der Waals surface area (Å²) in [6.07, 6.45) is -4.07. The Labute approximate surface area is 154 Å². The number of rotatable bonds is 8. The lowest BCUT2D eigenvalue weighted by molar-refractivity contribution is -0.141. The number of benzene rings is 1. The first-order chi connectivity index (χ1) is 12.3. The number of nitrogens with zero attached hydrogens (tertiary/aromatic N) is 2. The van der Waals surface area contributed by atoms with Gasteiger partial charge in [-0.2, -0.15) is 18.3 Å². The van der Waals surface area contributed by atoms with Gasteiger partial charge in [0.2, 0.25) is 0 Å². The van der Waals surface area contributed by atoms with E-state index < -0.39 is 17.8 Å². The highest BCUT2D eigenvalue weighted by Crippen LogP contribution is 2.28. The Hall–Kier alpha value is -2.06. The molecule has 1 aromatic heterocycles. The van der Waals surface area contributed by atoms with Crippen LogP contribution in [-0.2, 0) is 17.5 Å². The number of alkyl halides is 3. The van der Waals surface area contributed by atoms with E-state index in [4.69, 9.17) is 16.3 Å². The SMILES string of the molecule is CCOCCCN(Cc1ccccc1Cl)C(=O)c1cc(C(F)(F)F)n[nH]1. The highest BCUT2D eigenvalue weighted by Gasteiger charge is 2.35. The van der Waals surface area contributed by atoms with Crippen molar-refractivity contribution in [2.75, 3.05) is 19.8 Å². The Morgan fingerprint density at radius 2 is 2.08 bits per heavy atom. The molecule has 1 heterocycles. The highest BCUT2D eigenvalue weighted by atomic mass is 35.5. The van der Waals surface area contributed by atoms with Crippen LogP contribution in [0.2, 0.25) is 5.02 Å². The molecule has 0 fully saturated rings. The standard InChI is InChI=1S/C17H19ClF3N3O2/c1-2-26-9-5-8-24(11-12-6-3-4-7-13(12)18)16(25)14-10-15(23-22-14)17(19,20)21/h3-4,6-7,10H,2,5,8-9,11H2,1H3,(H,22,23). The lowest BCUT2D eigenvalue weighted by atomic mass is 10.2. The zero-order valence-electron chi connectivity index (χ0n) is 14.1. The molecule has 0 aliphatic carbocycles. The Morgan fingerprint density at radius 1 is 1.35 bits per heavy atom. The van der Waals surface area contributed by atoms with Crippen LogP contribution < -0.4 is 0 Å². The van der Waals surface area contributed by atoms with Crippen molar-refractivity contribution >= 4 is 17.5 Å². The van der Waals surface area contributed by atoms with E-state index in [-0.39, 0.29) is 12.2 Å². The van der Waals surface area contributed by atoms with Crippen molar-refractivity contribution in [2.24, 2.45) is 0 Å². The number of ether oxygens (including phenoxy) is 1. The fraction of sp³-hybridized carbons (Fsp3) is 0.412. The molecule has 0 aliphatic rings. The van der Waals surface area contributed by atoms with Crippen molar-refractivity contribution in [3.05, 3.63) is 52.3 Å². The molecule has 2 rings (SSSR count). The van der Waals surface area contributed by atoms with Gasteiger partial charge in [-0.15, -0.1) is 0 Å². The first-order valence-corrected chi connectivity index (χ1v) is 8.43. The minimum Gasteiger partial charge on any atom is -0.382 e. The molecule has 2 aromatic rings. The van der Waals surface area contributed by atoms with Gasteiger partial charge in [0.05, 0.1) is 0 Å². The van der Waals surface area contributed by atoms with E-state index in [1.54, 1.807) is 24.3 Å². The number of halogens is 4. The molecular weight excluding hydrogens is 371 g/mol. The zero-order valence-corrected chi connectivity index (χ0v) is 14.9. The summed E-state index contributed by atoms with van der Waals surface area (Å²) in [5.41, 5.74) is -0.650. The normalized spacial score (nSPS) is 11.6. The molecule has 0 saturated carbocycles. The molecule has 0 unspecified atom stereocenters. The van der Waals surface area contributed by atoms with Gasteiger partial charge >= 0.3 is 6.18 Å². The molecule has 5 nitrogen and oxygen atoms in total. The van der Waals surface area contributed by atoms with Crippen LogP contribution >= 0.6 is 11.6 Å². The maximum Gasteiger partial charge on any atom is 0.435 e. The van der Waals surface area contributed by atoms with Crippen molar-refractivity contribution in [1.82, 2.24) is 15.1 Å². The van der Waals surface area contributed by atoms with Crippen LogP contribution in [-0.4, -0.2) is 40.8 Å². The molecule has 0 spiro atoms. The van der Waals surface area contributed by atoms with E-state index >= 15 is 0 Å². The number of aromatic nitrogens is 2. The lowest BCUT2D eigenvalue weighted by Crippen LogP contribution is -2.32. The lowest BCUT2D eigenvalue weighted by Gasteiger charge is -2.22. The van der Waals surface area contributed by atoms with Gasteiger partial charge in [0.15, 0.2) is 5.69 Å². The molecule has 9 heteroatoms. The summed E-state index contributed by atoms with van der Waals surface area (Å²) >= 11 is 6.14. The quantitative estimate of drug-likeness (QED) is 0.690. The number of H-pyrrole nitrogens is 1. The molecule has 0 radical (unpaired) electrons. The minimum absolute atomic E-state index is 0.172. The summed E-state index contributed by atoms with van der Waals surface area (Å²) in [4.78, 5) is 14.1. The van der Waals surface area contributed by atoms with Crippen LogP contribution in [0.1, 0.15) is 35.1 Å². The first-order valence-electron chi connectivity index (χ1n) is 8.06. The van der Waals surface area contributed by atoms with Crippen molar-refractivity contribution < 1.29 is 22.7 Å². The molecule has 142 valence electrons. The van der Waals surface area contributed by atoms with E-state index in [9.17, 15) is 18.0 Å². The predicted molar refractivity (Wildman–Crippen MR) is 90.9 cm³/mol. The molecule has 1 aromatic carbocycles. The van der Waals surface area contributed by atoms with Gasteiger partial charge in [0.1, 0.15) is 5.69 Å². The third kappa shape index (κ3) is 5.47. The van der Waals surface area contributed by atoms with E-state index in [1.807, 2.05) is 6.92 Å². The van der Waals surface area contributed by atoms with Gasteiger partial charge in [-0.1, -0.05) is 29.8 Å². The van der Waals surface area contributed by atoms with Crippen LogP contribution in [0.3, 0.4) is 0 Å². The molecule has 1 N–H and O–H groups in total. The van der Waals surface area contributed by atoms with Gasteiger partial charge in [0, 0.05) is 37.4 Å². The summed E-state index contributed by atoms with van der Waals surface area (Å²) in [7, 11) is 0. The molecule has 0 aliphatic heterocycles. The molecule has 1 amide bonds. The van der Waals surface area contributed by atoms with Gasteiger partial charge in [-0.25, -0.2) is 0 Å². The number of carbonyl (C=O) groups excluding carboxylic acids is 1. The summed E-state index contributed by atoms with van der Waals surface area (Å²) in [5.74, 6) is -0.579. The maximum atomic E-state index is 12.7. The summed E-state index contributed by atoms with van der Waals surface area (Å²) in [6, 6.07) is 7.71. The molecular formula is C17H19ClF3N3O2. The largest absolute Gasteiger partial charge is 0.435 e. The van der Waals surface area contributed by atoms with E-state index in [2.05, 4.69) is 10.2 Å². The molecule has 0 saturated heterocycles. The van der Waals surface area contributed by atoms with Crippen molar-refractivity contribution in [2.45, 2.75) is 26.1 Å². The monoisotopic (exact) mass is 389 g/mol. The second kappa shape index (κ2) is 9.05. The molecule has 0 bridgehead atoms. The Kier molecular flexibility index (Phi) is 7.05. The number of hydrogen-bond donors (Lipinski definition) is 1. The number of carbonyl (C=O) groups is 1. The fourth-order valence-electron chi connectivity index (χ4n) is 2.33. The topological polar surface area (TPSA) is 58.2 Å². The third-order valence-corrected chi connectivity index (χ3v) is 3.99. The number of aromatic amines is 1. The van der Waals surface area contributed by atoms with Crippen LogP contribution in [0, 0.1) is 0 Å². The van der Waals surface area contributed by atoms with Gasteiger partial charge in [-0.3, -0.25) is 9.89 Å². The second-order valence-corrected chi connectivity index (χ2v) is 5.94. The van der Waals surface area contributed by atoms with Gasteiger partial charge < -0.3 is 9.64 Å².